The van der Waals surface area contributed by atoms with E-state index in [9.17, 15) is 8.42 Å². The number of pyridine rings is 1. The molecule has 94 valence electrons. The average molecular weight is 254 g/mol. The van der Waals surface area contributed by atoms with Crippen molar-refractivity contribution in [1.82, 2.24) is 10.3 Å². The lowest BCUT2D eigenvalue weighted by Gasteiger charge is -2.12. The van der Waals surface area contributed by atoms with Crippen molar-refractivity contribution in [1.29, 1.82) is 0 Å². The van der Waals surface area contributed by atoms with Crippen molar-refractivity contribution in [2.24, 2.45) is 0 Å². The molecule has 0 radical (unpaired) electrons. The zero-order valence-corrected chi connectivity index (χ0v) is 10.8. The largest absolute Gasteiger partial charge is 0.309 e. The molecular weight excluding hydrogens is 236 g/mol. The molecule has 0 saturated heterocycles. The maximum atomic E-state index is 11.0. The van der Waals surface area contributed by atoms with E-state index in [4.69, 9.17) is 0 Å². The van der Waals surface area contributed by atoms with Crippen LogP contribution in [0.4, 0.5) is 0 Å². The summed E-state index contributed by atoms with van der Waals surface area (Å²) in [6, 6.07) is 4.37. The van der Waals surface area contributed by atoms with E-state index in [1.807, 2.05) is 12.3 Å². The average Bonchev–Trinajstić information content (AvgIpc) is 2.67. The highest BCUT2D eigenvalue weighted by molar-refractivity contribution is 7.90. The molecule has 17 heavy (non-hydrogen) atoms. The first kappa shape index (κ1) is 12.5. The second-order valence-corrected chi connectivity index (χ2v) is 6.84. The van der Waals surface area contributed by atoms with Crippen LogP contribution < -0.4 is 5.32 Å². The van der Waals surface area contributed by atoms with Crippen molar-refractivity contribution in [3.63, 3.8) is 0 Å². The summed E-state index contributed by atoms with van der Waals surface area (Å²) in [5.41, 5.74) is 2.44. The second-order valence-electron chi connectivity index (χ2n) is 4.58. The van der Waals surface area contributed by atoms with Crippen molar-refractivity contribution in [3.8, 4) is 0 Å². The van der Waals surface area contributed by atoms with Gasteiger partial charge in [0.05, 0.1) is 17.5 Å². The molecule has 0 aromatic carbocycles. The first-order valence-electron chi connectivity index (χ1n) is 5.91. The fourth-order valence-electron chi connectivity index (χ4n) is 2.22. The SMILES string of the molecule is CS(=O)(=O)CCCNC1CCc2cccnc21. The number of sulfone groups is 1. The summed E-state index contributed by atoms with van der Waals surface area (Å²) in [5, 5.41) is 3.38. The van der Waals surface area contributed by atoms with Crippen LogP contribution in [-0.2, 0) is 16.3 Å². The van der Waals surface area contributed by atoms with Crippen molar-refractivity contribution in [2.45, 2.75) is 25.3 Å². The predicted molar refractivity (Wildman–Crippen MR) is 67.6 cm³/mol. The van der Waals surface area contributed by atoms with Gasteiger partial charge in [-0.25, -0.2) is 8.42 Å². The zero-order chi connectivity index (χ0) is 12.3. The molecule has 1 unspecified atom stereocenters. The molecule has 0 saturated carbocycles. The smallest absolute Gasteiger partial charge is 0.147 e. The van der Waals surface area contributed by atoms with Gasteiger partial charge in [-0.15, -0.1) is 0 Å². The number of nitrogens with zero attached hydrogens (tertiary/aromatic N) is 1. The molecule has 5 heteroatoms. The highest BCUT2D eigenvalue weighted by atomic mass is 32.2. The number of rotatable bonds is 5. The highest BCUT2D eigenvalue weighted by Gasteiger charge is 2.22. The summed E-state index contributed by atoms with van der Waals surface area (Å²) in [5.74, 6) is 0.252. The van der Waals surface area contributed by atoms with Gasteiger partial charge in [0.25, 0.3) is 0 Å². The molecule has 1 heterocycles. The van der Waals surface area contributed by atoms with E-state index >= 15 is 0 Å². The molecule has 0 bridgehead atoms. The summed E-state index contributed by atoms with van der Waals surface area (Å²) in [4.78, 5) is 4.39. The Balaban J connectivity index is 1.82. The lowest BCUT2D eigenvalue weighted by atomic mass is 10.2. The maximum Gasteiger partial charge on any atom is 0.147 e. The minimum absolute atomic E-state index is 0.252. The van der Waals surface area contributed by atoms with E-state index in [0.29, 0.717) is 12.5 Å². The number of aromatic nitrogens is 1. The summed E-state index contributed by atoms with van der Waals surface area (Å²) < 4.78 is 22.0. The minimum Gasteiger partial charge on any atom is -0.309 e. The monoisotopic (exact) mass is 254 g/mol. The lowest BCUT2D eigenvalue weighted by molar-refractivity contribution is 0.518. The number of hydrogen-bond acceptors (Lipinski definition) is 4. The van der Waals surface area contributed by atoms with Gasteiger partial charge in [-0.3, -0.25) is 4.98 Å². The third-order valence-corrected chi connectivity index (χ3v) is 4.07. The summed E-state index contributed by atoms with van der Waals surface area (Å²) in [6.45, 7) is 0.730. The molecule has 0 aliphatic heterocycles. The van der Waals surface area contributed by atoms with Gasteiger partial charge in [0.1, 0.15) is 9.84 Å². The predicted octanol–water partition coefficient (Wildman–Crippen LogP) is 1.09. The van der Waals surface area contributed by atoms with E-state index in [-0.39, 0.29) is 5.75 Å². The van der Waals surface area contributed by atoms with Crippen molar-refractivity contribution in [3.05, 3.63) is 29.6 Å². The van der Waals surface area contributed by atoms with Crippen LogP contribution in [0.3, 0.4) is 0 Å². The van der Waals surface area contributed by atoms with Crippen LogP contribution in [0.2, 0.25) is 0 Å². The summed E-state index contributed by atoms with van der Waals surface area (Å²) >= 11 is 0. The molecule has 0 fully saturated rings. The van der Waals surface area contributed by atoms with Gasteiger partial charge in [0.2, 0.25) is 0 Å². The molecule has 1 atom stereocenters. The summed E-state index contributed by atoms with van der Waals surface area (Å²) in [7, 11) is -2.84. The van der Waals surface area contributed by atoms with Gasteiger partial charge in [-0.05, 0) is 37.4 Å². The molecule has 0 spiro atoms. The number of hydrogen-bond donors (Lipinski definition) is 1. The van der Waals surface area contributed by atoms with Crippen LogP contribution in [0.25, 0.3) is 0 Å². The van der Waals surface area contributed by atoms with Crippen LogP contribution in [0, 0.1) is 0 Å². The standard InChI is InChI=1S/C12H18N2O2S/c1-17(15,16)9-3-8-13-11-6-5-10-4-2-7-14-12(10)11/h2,4,7,11,13H,3,5-6,8-9H2,1H3. The Morgan fingerprint density at radius 2 is 2.35 bits per heavy atom. The van der Waals surface area contributed by atoms with Crippen molar-refractivity contribution < 1.29 is 8.42 Å². The van der Waals surface area contributed by atoms with Crippen LogP contribution in [-0.4, -0.2) is 32.0 Å². The van der Waals surface area contributed by atoms with Gasteiger partial charge in [-0.2, -0.15) is 0 Å². The molecular formula is C12H18N2O2S. The van der Waals surface area contributed by atoms with Gasteiger partial charge in [0.15, 0.2) is 0 Å². The fraction of sp³-hybridized carbons (Fsp3) is 0.583. The van der Waals surface area contributed by atoms with Crippen LogP contribution in [0.1, 0.15) is 30.1 Å². The fourth-order valence-corrected chi connectivity index (χ4v) is 2.89. The maximum absolute atomic E-state index is 11.0. The molecule has 1 aromatic heterocycles. The van der Waals surface area contributed by atoms with Crippen LogP contribution >= 0.6 is 0 Å². The van der Waals surface area contributed by atoms with Gasteiger partial charge >= 0.3 is 0 Å². The van der Waals surface area contributed by atoms with Crippen LogP contribution in [0.15, 0.2) is 18.3 Å². The van der Waals surface area contributed by atoms with Crippen molar-refractivity contribution in [2.75, 3.05) is 18.6 Å². The summed E-state index contributed by atoms with van der Waals surface area (Å²) in [6.07, 6.45) is 5.88. The topological polar surface area (TPSA) is 59.1 Å². The molecule has 1 N–H and O–H groups in total. The Bertz CT molecular complexity index is 485. The molecule has 1 aliphatic rings. The molecule has 1 aliphatic carbocycles. The van der Waals surface area contributed by atoms with E-state index in [1.165, 1.54) is 11.8 Å². The zero-order valence-electron chi connectivity index (χ0n) is 10.0. The van der Waals surface area contributed by atoms with E-state index < -0.39 is 9.84 Å². The van der Waals surface area contributed by atoms with E-state index in [1.54, 1.807) is 0 Å². The number of nitrogens with one attached hydrogen (secondary N) is 1. The van der Waals surface area contributed by atoms with Gasteiger partial charge < -0.3 is 5.32 Å². The molecule has 2 rings (SSSR count). The third-order valence-electron chi connectivity index (χ3n) is 3.04. The molecule has 0 amide bonds. The molecule has 4 nitrogen and oxygen atoms in total. The highest BCUT2D eigenvalue weighted by Crippen LogP contribution is 2.28. The van der Waals surface area contributed by atoms with Crippen LogP contribution in [0.5, 0.6) is 0 Å². The number of fused-ring (bicyclic) bond motifs is 1. The Kier molecular flexibility index (Phi) is 3.79. The number of aryl methyl sites for hydroxylation is 1. The Labute approximate surface area is 102 Å². The van der Waals surface area contributed by atoms with E-state index in [0.717, 1.165) is 25.1 Å². The molecule has 1 aromatic rings. The van der Waals surface area contributed by atoms with Gasteiger partial charge in [-0.1, -0.05) is 6.07 Å². The normalized spacial score (nSPS) is 19.2. The Hall–Kier alpha value is -0.940. The first-order chi connectivity index (χ1) is 8.06. The van der Waals surface area contributed by atoms with E-state index in [2.05, 4.69) is 16.4 Å². The second kappa shape index (κ2) is 5.14. The quantitative estimate of drug-likeness (QED) is 0.799. The minimum atomic E-state index is -2.84. The third kappa shape index (κ3) is 3.51. The van der Waals surface area contributed by atoms with Gasteiger partial charge in [0, 0.05) is 12.5 Å². The Morgan fingerprint density at radius 1 is 1.53 bits per heavy atom. The first-order valence-corrected chi connectivity index (χ1v) is 7.97. The lowest BCUT2D eigenvalue weighted by Crippen LogP contribution is -2.22. The Morgan fingerprint density at radius 3 is 3.12 bits per heavy atom. The van der Waals surface area contributed by atoms with Crippen molar-refractivity contribution >= 4 is 9.84 Å².